The average Bonchev–Trinajstić information content (AvgIpc) is 2.54. The van der Waals surface area contributed by atoms with Gasteiger partial charge in [-0.15, -0.1) is 0 Å². The third kappa shape index (κ3) is 2.96. The van der Waals surface area contributed by atoms with Gasteiger partial charge in [0.2, 0.25) is 5.91 Å². The molecule has 2 aliphatic rings. The maximum Gasteiger partial charge on any atom is 0.225 e. The Balaban J connectivity index is 2.02. The van der Waals surface area contributed by atoms with Crippen molar-refractivity contribution >= 4 is 11.7 Å². The van der Waals surface area contributed by atoms with Crippen molar-refractivity contribution in [1.29, 1.82) is 0 Å². The van der Waals surface area contributed by atoms with Gasteiger partial charge in [-0.05, 0) is 37.5 Å². The second-order valence-electron chi connectivity index (χ2n) is 5.82. The molecule has 1 amide bonds. The van der Waals surface area contributed by atoms with Crippen LogP contribution in [0.15, 0.2) is 29.5 Å². The highest BCUT2D eigenvalue weighted by atomic mass is 16.5. The molecule has 3 rings (SSSR count). The fourth-order valence-electron chi connectivity index (χ4n) is 3.36. The van der Waals surface area contributed by atoms with Gasteiger partial charge in [-0.25, -0.2) is 0 Å². The van der Waals surface area contributed by atoms with Crippen LogP contribution in [0.4, 0.5) is 0 Å². The second-order valence-corrected chi connectivity index (χ2v) is 5.82. The van der Waals surface area contributed by atoms with Crippen LogP contribution in [0.2, 0.25) is 0 Å². The molecule has 0 spiro atoms. The first-order valence-electron chi connectivity index (χ1n) is 8.00. The van der Waals surface area contributed by atoms with E-state index in [2.05, 4.69) is 5.32 Å². The Morgan fingerprint density at radius 1 is 1.22 bits per heavy atom. The van der Waals surface area contributed by atoms with Gasteiger partial charge >= 0.3 is 0 Å². The van der Waals surface area contributed by atoms with Crippen molar-refractivity contribution < 1.29 is 19.1 Å². The number of methoxy groups -OCH3 is 1. The minimum atomic E-state index is -0.198. The molecule has 1 heterocycles. The number of nitrogens with one attached hydrogen (secondary N) is 1. The summed E-state index contributed by atoms with van der Waals surface area (Å²) in [6.45, 7) is 2.46. The Hall–Kier alpha value is -2.30. The van der Waals surface area contributed by atoms with E-state index in [1.54, 1.807) is 7.11 Å². The fraction of sp³-hybridized carbons (Fsp3) is 0.444. The van der Waals surface area contributed by atoms with Crippen molar-refractivity contribution in [2.45, 2.75) is 38.5 Å². The molecule has 122 valence electrons. The lowest BCUT2D eigenvalue weighted by Gasteiger charge is -2.31. The maximum absolute atomic E-state index is 12.4. The first-order valence-corrected chi connectivity index (χ1v) is 8.00. The van der Waals surface area contributed by atoms with Crippen LogP contribution in [0.25, 0.3) is 0 Å². The Bertz CT molecular complexity index is 678. The number of benzene rings is 1. The van der Waals surface area contributed by atoms with Gasteiger partial charge in [0.1, 0.15) is 0 Å². The number of ether oxygens (including phenoxy) is 2. The van der Waals surface area contributed by atoms with Crippen molar-refractivity contribution in [2.75, 3.05) is 13.7 Å². The minimum absolute atomic E-state index is 0.0312. The molecule has 1 aliphatic heterocycles. The summed E-state index contributed by atoms with van der Waals surface area (Å²) in [4.78, 5) is 24.4. The van der Waals surface area contributed by atoms with Crippen LogP contribution in [0.5, 0.6) is 11.5 Å². The molecular weight excluding hydrogens is 294 g/mol. The van der Waals surface area contributed by atoms with E-state index in [0.717, 1.165) is 29.7 Å². The third-order valence-electron chi connectivity index (χ3n) is 4.37. The van der Waals surface area contributed by atoms with Crippen LogP contribution in [-0.2, 0) is 9.59 Å². The highest BCUT2D eigenvalue weighted by molar-refractivity contribution is 6.01. The summed E-state index contributed by atoms with van der Waals surface area (Å²) in [5, 5.41) is 2.87. The Morgan fingerprint density at radius 3 is 2.78 bits per heavy atom. The van der Waals surface area contributed by atoms with Crippen molar-refractivity contribution in [2.24, 2.45) is 0 Å². The molecule has 0 saturated carbocycles. The number of allylic oxidation sites excluding steroid dienone is 2. The number of hydrogen-bond donors (Lipinski definition) is 1. The number of rotatable bonds is 4. The molecule has 1 atom stereocenters. The largest absolute Gasteiger partial charge is 0.493 e. The molecule has 5 nitrogen and oxygen atoms in total. The lowest BCUT2D eigenvalue weighted by Crippen LogP contribution is -2.36. The van der Waals surface area contributed by atoms with E-state index in [4.69, 9.17) is 9.47 Å². The highest BCUT2D eigenvalue weighted by Gasteiger charge is 2.35. The Labute approximate surface area is 135 Å². The third-order valence-corrected chi connectivity index (χ3v) is 4.37. The zero-order valence-corrected chi connectivity index (χ0v) is 13.5. The summed E-state index contributed by atoms with van der Waals surface area (Å²) in [5.74, 6) is 1.21. The number of hydrogen-bond acceptors (Lipinski definition) is 4. The smallest absolute Gasteiger partial charge is 0.225 e. The number of Topliss-reactive ketones (excluding diaryl/α,β-unsaturated/α-hetero) is 1. The first-order chi connectivity index (χ1) is 11.1. The summed E-state index contributed by atoms with van der Waals surface area (Å²) in [6.07, 6.45) is 2.41. The summed E-state index contributed by atoms with van der Waals surface area (Å²) >= 11 is 0. The second kappa shape index (κ2) is 6.44. The van der Waals surface area contributed by atoms with Crippen LogP contribution < -0.4 is 14.8 Å². The summed E-state index contributed by atoms with van der Waals surface area (Å²) < 4.78 is 10.9. The monoisotopic (exact) mass is 315 g/mol. The molecule has 1 N–H and O–H groups in total. The average molecular weight is 315 g/mol. The quantitative estimate of drug-likeness (QED) is 0.928. The van der Waals surface area contributed by atoms with Gasteiger partial charge < -0.3 is 14.8 Å². The molecule has 1 aromatic rings. The van der Waals surface area contributed by atoms with Crippen molar-refractivity contribution in [1.82, 2.24) is 5.32 Å². The molecule has 0 fully saturated rings. The van der Waals surface area contributed by atoms with E-state index in [1.807, 2.05) is 25.1 Å². The molecule has 0 saturated heterocycles. The predicted molar refractivity (Wildman–Crippen MR) is 85.5 cm³/mol. The topological polar surface area (TPSA) is 64.6 Å². The van der Waals surface area contributed by atoms with Crippen LogP contribution in [0.1, 0.15) is 44.1 Å². The van der Waals surface area contributed by atoms with E-state index in [0.29, 0.717) is 30.9 Å². The van der Waals surface area contributed by atoms with E-state index < -0.39 is 0 Å². The lowest BCUT2D eigenvalue weighted by molar-refractivity contribution is -0.122. The lowest BCUT2D eigenvalue weighted by atomic mass is 9.78. The number of amides is 1. The van der Waals surface area contributed by atoms with Crippen LogP contribution in [-0.4, -0.2) is 25.4 Å². The van der Waals surface area contributed by atoms with Gasteiger partial charge in [0.05, 0.1) is 13.7 Å². The van der Waals surface area contributed by atoms with Gasteiger partial charge in [0, 0.05) is 30.0 Å². The van der Waals surface area contributed by atoms with Crippen LogP contribution >= 0.6 is 0 Å². The number of carbonyl (C=O) groups excluding carboxylic acids is 2. The van der Waals surface area contributed by atoms with E-state index in [9.17, 15) is 9.59 Å². The van der Waals surface area contributed by atoms with Gasteiger partial charge in [-0.1, -0.05) is 6.07 Å². The molecule has 0 aromatic heterocycles. The molecule has 1 aliphatic carbocycles. The van der Waals surface area contributed by atoms with E-state index in [1.165, 1.54) is 0 Å². The fourth-order valence-corrected chi connectivity index (χ4v) is 3.36. The normalized spacial score (nSPS) is 20.9. The van der Waals surface area contributed by atoms with Gasteiger partial charge in [-0.2, -0.15) is 0 Å². The summed E-state index contributed by atoms with van der Waals surface area (Å²) in [6, 6.07) is 5.64. The number of ketones is 1. The molecule has 0 radical (unpaired) electrons. The standard InChI is InChI=1S/C18H21NO4/c1-3-23-15-8-7-11(9-16(15)22-2)12-10-17(21)19-13-5-4-6-14(20)18(12)13/h7-9,12H,3-6,10H2,1-2H3,(H,19,21)/t12-/m0/s1. The predicted octanol–water partition coefficient (Wildman–Crippen LogP) is 2.70. The highest BCUT2D eigenvalue weighted by Crippen LogP contribution is 2.40. The van der Waals surface area contributed by atoms with Crippen LogP contribution in [0, 0.1) is 0 Å². The Morgan fingerprint density at radius 2 is 2.04 bits per heavy atom. The molecule has 5 heteroatoms. The summed E-state index contributed by atoms with van der Waals surface area (Å²) in [7, 11) is 1.59. The molecule has 1 aromatic carbocycles. The zero-order valence-electron chi connectivity index (χ0n) is 13.5. The number of carbonyl (C=O) groups is 2. The van der Waals surface area contributed by atoms with Crippen molar-refractivity contribution in [3.05, 3.63) is 35.0 Å². The molecule has 0 bridgehead atoms. The first kappa shape index (κ1) is 15.6. The van der Waals surface area contributed by atoms with Gasteiger partial charge in [-0.3, -0.25) is 9.59 Å². The van der Waals surface area contributed by atoms with E-state index >= 15 is 0 Å². The van der Waals surface area contributed by atoms with Crippen molar-refractivity contribution in [3.63, 3.8) is 0 Å². The SMILES string of the molecule is CCOc1ccc([C@@H]2CC(=O)NC3=C2C(=O)CCC3)cc1OC. The molecule has 0 unspecified atom stereocenters. The zero-order chi connectivity index (χ0) is 16.4. The van der Waals surface area contributed by atoms with E-state index in [-0.39, 0.29) is 17.6 Å². The minimum Gasteiger partial charge on any atom is -0.493 e. The Kier molecular flexibility index (Phi) is 4.37. The molecule has 23 heavy (non-hydrogen) atoms. The maximum atomic E-state index is 12.4. The van der Waals surface area contributed by atoms with Crippen molar-refractivity contribution in [3.8, 4) is 11.5 Å². The van der Waals surface area contributed by atoms with Gasteiger partial charge in [0.15, 0.2) is 17.3 Å². The summed E-state index contributed by atoms with van der Waals surface area (Å²) in [5.41, 5.74) is 2.49. The van der Waals surface area contributed by atoms with Crippen LogP contribution in [0.3, 0.4) is 0 Å². The van der Waals surface area contributed by atoms with Gasteiger partial charge in [0.25, 0.3) is 0 Å². The molecular formula is C18H21NO4.